The fourth-order valence-electron chi connectivity index (χ4n) is 1.58. The molecule has 0 atom stereocenters. The van der Waals surface area contributed by atoms with E-state index in [0.29, 0.717) is 5.92 Å². The van der Waals surface area contributed by atoms with Crippen LogP contribution in [0.3, 0.4) is 0 Å². The van der Waals surface area contributed by atoms with Crippen molar-refractivity contribution in [3.63, 3.8) is 0 Å². The third-order valence-electron chi connectivity index (χ3n) is 2.52. The Bertz CT molecular complexity index is 366. The van der Waals surface area contributed by atoms with Gasteiger partial charge in [0.2, 0.25) is 5.91 Å². The van der Waals surface area contributed by atoms with E-state index in [1.54, 1.807) is 11.1 Å². The first kappa shape index (κ1) is 13.7. The van der Waals surface area contributed by atoms with Gasteiger partial charge in [-0.25, -0.2) is 0 Å². The molecule has 0 saturated carbocycles. The highest BCUT2D eigenvalue weighted by atomic mass is 79.9. The molecule has 1 aliphatic rings. The number of carbonyl (C=O) groups is 1. The molecular weight excluding hydrogens is 315 g/mol. The minimum Gasteiger partial charge on any atom is -0.340 e. The van der Waals surface area contributed by atoms with Gasteiger partial charge in [0.05, 0.1) is 0 Å². The van der Waals surface area contributed by atoms with E-state index in [1.165, 1.54) is 0 Å². The molecule has 0 aliphatic carbocycles. The van der Waals surface area contributed by atoms with E-state index in [0.717, 1.165) is 23.3 Å². The molecule has 0 spiro atoms. The number of alkyl halides is 1. The second-order valence-corrected chi connectivity index (χ2v) is 4.71. The van der Waals surface area contributed by atoms with Gasteiger partial charge in [-0.05, 0) is 28.1 Å². The predicted molar refractivity (Wildman–Crippen MR) is 69.2 cm³/mol. The molecule has 0 bridgehead atoms. The molecule has 0 N–H and O–H groups in total. The maximum absolute atomic E-state index is 11.2. The minimum absolute atomic E-state index is 0. The Morgan fingerprint density at radius 2 is 2.25 bits per heavy atom. The molecule has 3 nitrogen and oxygen atoms in total. The molecule has 6 heteroatoms. The van der Waals surface area contributed by atoms with Gasteiger partial charge < -0.3 is 4.90 Å². The van der Waals surface area contributed by atoms with E-state index < -0.39 is 0 Å². The second-order valence-electron chi connectivity index (χ2n) is 3.53. The van der Waals surface area contributed by atoms with Gasteiger partial charge in [0, 0.05) is 35.4 Å². The summed E-state index contributed by atoms with van der Waals surface area (Å²) in [7, 11) is 0. The Balaban J connectivity index is 0.00000128. The Labute approximate surface area is 114 Å². The van der Waals surface area contributed by atoms with Crippen molar-refractivity contribution in [2.24, 2.45) is 0 Å². The maximum atomic E-state index is 11.2. The molecule has 1 amide bonds. The number of nitrogens with zero attached hydrogens (tertiary/aromatic N) is 2. The fourth-order valence-corrected chi connectivity index (χ4v) is 1.99. The summed E-state index contributed by atoms with van der Waals surface area (Å²) < 4.78 is 0.972. The number of aromatic nitrogens is 1. The Hall–Kier alpha value is -0.320. The van der Waals surface area contributed by atoms with Crippen LogP contribution in [-0.4, -0.2) is 34.8 Å². The van der Waals surface area contributed by atoms with Gasteiger partial charge in [0.15, 0.2) is 0 Å². The van der Waals surface area contributed by atoms with Gasteiger partial charge in [0.1, 0.15) is 5.88 Å². The van der Waals surface area contributed by atoms with Crippen molar-refractivity contribution in [2.75, 3.05) is 19.0 Å². The third-order valence-corrected chi connectivity index (χ3v) is 3.21. The number of carbonyl (C=O) groups excluding carboxylic acids is 1. The minimum atomic E-state index is 0. The van der Waals surface area contributed by atoms with Gasteiger partial charge in [0.25, 0.3) is 0 Å². The third kappa shape index (κ3) is 2.87. The van der Waals surface area contributed by atoms with E-state index in [1.807, 2.05) is 12.1 Å². The first-order valence-corrected chi connectivity index (χ1v) is 5.98. The lowest BCUT2D eigenvalue weighted by Gasteiger charge is -2.38. The average Bonchev–Trinajstić information content (AvgIpc) is 2.18. The number of rotatable bonds is 2. The zero-order valence-electron chi connectivity index (χ0n) is 8.40. The Morgan fingerprint density at radius 3 is 2.75 bits per heavy atom. The standard InChI is InChI=1S/C10H10BrClN2O.ClH/c11-8-1-2-9(13-4-8)7-5-14(6-7)10(15)3-12;/h1-2,4,7H,3,5-6H2;1H. The van der Waals surface area contributed by atoms with E-state index in [4.69, 9.17) is 11.6 Å². The smallest absolute Gasteiger partial charge is 0.237 e. The summed E-state index contributed by atoms with van der Waals surface area (Å²) in [5, 5.41) is 0. The van der Waals surface area contributed by atoms with Gasteiger partial charge in [-0.2, -0.15) is 0 Å². The number of pyridine rings is 1. The van der Waals surface area contributed by atoms with Crippen LogP contribution in [0, 0.1) is 0 Å². The largest absolute Gasteiger partial charge is 0.340 e. The highest BCUT2D eigenvalue weighted by Gasteiger charge is 2.31. The van der Waals surface area contributed by atoms with Crippen LogP contribution in [0.4, 0.5) is 0 Å². The van der Waals surface area contributed by atoms with Crippen LogP contribution >= 0.6 is 39.9 Å². The average molecular weight is 326 g/mol. The summed E-state index contributed by atoms with van der Waals surface area (Å²) in [6, 6.07) is 3.95. The van der Waals surface area contributed by atoms with E-state index >= 15 is 0 Å². The summed E-state index contributed by atoms with van der Waals surface area (Å²) in [5.74, 6) is 0.441. The molecule has 0 unspecified atom stereocenters. The lowest BCUT2D eigenvalue weighted by Crippen LogP contribution is -2.49. The molecule has 2 rings (SSSR count). The number of amides is 1. The van der Waals surface area contributed by atoms with E-state index in [-0.39, 0.29) is 24.2 Å². The number of hydrogen-bond donors (Lipinski definition) is 0. The van der Waals surface area contributed by atoms with Crippen molar-refractivity contribution in [2.45, 2.75) is 5.92 Å². The second kappa shape index (κ2) is 5.84. The number of likely N-dealkylation sites (tertiary alicyclic amines) is 1. The molecule has 1 aromatic heterocycles. The van der Waals surface area contributed by atoms with Crippen molar-refractivity contribution in [1.29, 1.82) is 0 Å². The number of hydrogen-bond acceptors (Lipinski definition) is 2. The van der Waals surface area contributed by atoms with Crippen molar-refractivity contribution in [1.82, 2.24) is 9.88 Å². The Morgan fingerprint density at radius 1 is 1.56 bits per heavy atom. The molecule has 1 aromatic rings. The quantitative estimate of drug-likeness (QED) is 0.782. The zero-order valence-corrected chi connectivity index (χ0v) is 11.6. The molecule has 88 valence electrons. The van der Waals surface area contributed by atoms with Gasteiger partial charge in [-0.3, -0.25) is 9.78 Å². The normalized spacial score (nSPS) is 15.2. The lowest BCUT2D eigenvalue weighted by atomic mass is 9.96. The Kier molecular flexibility index (Phi) is 5.02. The van der Waals surface area contributed by atoms with Crippen LogP contribution in [0.2, 0.25) is 0 Å². The van der Waals surface area contributed by atoms with Crippen LogP contribution in [-0.2, 0) is 4.79 Å². The van der Waals surface area contributed by atoms with Crippen LogP contribution < -0.4 is 0 Å². The molecule has 0 radical (unpaired) electrons. The molecule has 2 heterocycles. The lowest BCUT2D eigenvalue weighted by molar-refractivity contribution is -0.132. The highest BCUT2D eigenvalue weighted by molar-refractivity contribution is 9.10. The molecule has 1 fully saturated rings. The van der Waals surface area contributed by atoms with Crippen LogP contribution in [0.25, 0.3) is 0 Å². The predicted octanol–water partition coefficient (Wildman–Crippen LogP) is 2.43. The summed E-state index contributed by atoms with van der Waals surface area (Å²) in [4.78, 5) is 17.2. The summed E-state index contributed by atoms with van der Waals surface area (Å²) >= 11 is 8.80. The number of halogens is 3. The van der Waals surface area contributed by atoms with Gasteiger partial charge in [-0.1, -0.05) is 0 Å². The van der Waals surface area contributed by atoms with Crippen molar-refractivity contribution >= 4 is 45.8 Å². The summed E-state index contributed by atoms with van der Waals surface area (Å²) in [5.41, 5.74) is 1.04. The van der Waals surface area contributed by atoms with Crippen molar-refractivity contribution in [3.05, 3.63) is 28.5 Å². The molecule has 1 aliphatic heterocycles. The van der Waals surface area contributed by atoms with E-state index in [9.17, 15) is 4.79 Å². The van der Waals surface area contributed by atoms with E-state index in [2.05, 4.69) is 20.9 Å². The van der Waals surface area contributed by atoms with Crippen LogP contribution in [0.5, 0.6) is 0 Å². The topological polar surface area (TPSA) is 33.2 Å². The highest BCUT2D eigenvalue weighted by Crippen LogP contribution is 2.26. The fraction of sp³-hybridized carbons (Fsp3) is 0.400. The summed E-state index contributed by atoms with van der Waals surface area (Å²) in [6.07, 6.45) is 1.78. The maximum Gasteiger partial charge on any atom is 0.237 e. The van der Waals surface area contributed by atoms with Crippen molar-refractivity contribution < 1.29 is 4.79 Å². The molecule has 1 saturated heterocycles. The zero-order chi connectivity index (χ0) is 10.8. The first-order chi connectivity index (χ1) is 7.20. The SMILES string of the molecule is Cl.O=C(CCl)N1CC(c2ccc(Br)cn2)C1. The first-order valence-electron chi connectivity index (χ1n) is 4.66. The van der Waals surface area contributed by atoms with Gasteiger partial charge in [-0.15, -0.1) is 24.0 Å². The van der Waals surface area contributed by atoms with Crippen LogP contribution in [0.15, 0.2) is 22.8 Å². The molecule has 0 aromatic carbocycles. The molecular formula is C10H11BrCl2N2O. The molecule has 16 heavy (non-hydrogen) atoms. The van der Waals surface area contributed by atoms with Gasteiger partial charge >= 0.3 is 0 Å². The summed E-state index contributed by atoms with van der Waals surface area (Å²) in [6.45, 7) is 1.47. The monoisotopic (exact) mass is 324 g/mol. The van der Waals surface area contributed by atoms with Crippen molar-refractivity contribution in [3.8, 4) is 0 Å². The van der Waals surface area contributed by atoms with Crippen LogP contribution in [0.1, 0.15) is 11.6 Å².